The number of nitrogens with zero attached hydrogens (tertiary/aromatic N) is 6. The normalized spacial score (nSPS) is 16.3. The Balaban J connectivity index is 1.08. The summed E-state index contributed by atoms with van der Waals surface area (Å²) in [4.78, 5) is 5.07. The molecule has 1 aliphatic heterocycles. The van der Waals surface area contributed by atoms with Gasteiger partial charge in [0.1, 0.15) is 22.1 Å². The Hall–Kier alpha value is -2.84. The zero-order valence-corrected chi connectivity index (χ0v) is 15.6. The van der Waals surface area contributed by atoms with Crippen LogP contribution < -0.4 is 0 Å². The Morgan fingerprint density at radius 2 is 1.04 bits per heavy atom. The highest BCUT2D eigenvalue weighted by Crippen LogP contribution is 2.14. The molecule has 0 radical (unpaired) electrons. The summed E-state index contributed by atoms with van der Waals surface area (Å²) in [5, 5.41) is 15.6. The van der Waals surface area contributed by atoms with Crippen LogP contribution in [0.4, 0.5) is 0 Å². The summed E-state index contributed by atoms with van der Waals surface area (Å²) in [5.41, 5.74) is 5.86. The van der Waals surface area contributed by atoms with Gasteiger partial charge in [-0.3, -0.25) is 0 Å². The van der Waals surface area contributed by atoms with Crippen molar-refractivity contribution < 1.29 is 9.26 Å². The number of fused-ring (bicyclic) bond motifs is 2. The fourth-order valence-corrected chi connectivity index (χ4v) is 3.78. The summed E-state index contributed by atoms with van der Waals surface area (Å²) in [6, 6.07) is 12.3. The average molecular weight is 378 g/mol. The number of benzene rings is 2. The molecule has 0 atom stereocenters. The molecule has 3 heterocycles. The van der Waals surface area contributed by atoms with Gasteiger partial charge in [-0.1, -0.05) is 12.1 Å². The molecule has 0 aliphatic carbocycles. The predicted octanol–water partition coefficient (Wildman–Crippen LogP) is 2.16. The first-order chi connectivity index (χ1) is 13.8. The lowest BCUT2D eigenvalue weighted by molar-refractivity contribution is 0.134. The molecule has 144 valence electrons. The van der Waals surface area contributed by atoms with E-state index in [1.54, 1.807) is 0 Å². The van der Waals surface area contributed by atoms with Crippen LogP contribution in [0.1, 0.15) is 11.1 Å². The van der Waals surface area contributed by atoms with Gasteiger partial charge in [-0.25, -0.2) is 9.26 Å². The molecule has 0 amide bonds. The standard InChI is InChI=1S/C20H22N6O2/c1-3-17-19(23-27-21-17)13-15(1)5-7-25-9-11-26(12-10-25)8-6-16-2-4-18-20(14-16)24-28-22-18/h1-4,13-14H,5-12H2. The second kappa shape index (κ2) is 7.65. The topological polar surface area (TPSA) is 84.3 Å². The Morgan fingerprint density at radius 3 is 1.50 bits per heavy atom. The Labute approximate surface area is 162 Å². The van der Waals surface area contributed by atoms with Gasteiger partial charge >= 0.3 is 0 Å². The Morgan fingerprint density at radius 1 is 0.607 bits per heavy atom. The molecule has 0 spiro atoms. The van der Waals surface area contributed by atoms with Gasteiger partial charge in [0.15, 0.2) is 0 Å². The Kier molecular flexibility index (Phi) is 4.72. The van der Waals surface area contributed by atoms with Crippen LogP contribution in [0.5, 0.6) is 0 Å². The van der Waals surface area contributed by atoms with Crippen LogP contribution in [0.15, 0.2) is 45.7 Å². The third kappa shape index (κ3) is 3.74. The number of hydrogen-bond acceptors (Lipinski definition) is 8. The van der Waals surface area contributed by atoms with Crippen LogP contribution in [0, 0.1) is 0 Å². The van der Waals surface area contributed by atoms with Gasteiger partial charge in [0.2, 0.25) is 0 Å². The molecule has 0 unspecified atom stereocenters. The van der Waals surface area contributed by atoms with E-state index in [1.807, 2.05) is 12.1 Å². The van der Waals surface area contributed by atoms with E-state index in [-0.39, 0.29) is 0 Å². The van der Waals surface area contributed by atoms with E-state index in [9.17, 15) is 0 Å². The first kappa shape index (κ1) is 17.3. The van der Waals surface area contributed by atoms with Crippen molar-refractivity contribution in [1.29, 1.82) is 0 Å². The molecular formula is C20H22N6O2. The summed E-state index contributed by atoms with van der Waals surface area (Å²) >= 11 is 0. The van der Waals surface area contributed by atoms with Gasteiger partial charge in [-0.15, -0.1) is 0 Å². The molecule has 0 saturated carbocycles. The van der Waals surface area contributed by atoms with E-state index in [2.05, 4.69) is 54.7 Å². The maximum atomic E-state index is 4.77. The minimum absolute atomic E-state index is 0.816. The van der Waals surface area contributed by atoms with Gasteiger partial charge in [-0.05, 0) is 68.9 Å². The van der Waals surface area contributed by atoms with Crippen molar-refractivity contribution in [3.05, 3.63) is 47.5 Å². The fraction of sp³-hybridized carbons (Fsp3) is 0.400. The van der Waals surface area contributed by atoms with Crippen LogP contribution in [-0.4, -0.2) is 69.7 Å². The molecule has 2 aromatic carbocycles. The monoisotopic (exact) mass is 378 g/mol. The zero-order chi connectivity index (χ0) is 18.8. The molecule has 1 aliphatic rings. The molecular weight excluding hydrogens is 356 g/mol. The molecule has 5 rings (SSSR count). The summed E-state index contributed by atoms with van der Waals surface area (Å²) in [7, 11) is 0. The number of aromatic nitrogens is 4. The van der Waals surface area contributed by atoms with E-state index >= 15 is 0 Å². The maximum Gasteiger partial charge on any atom is 0.135 e. The average Bonchev–Trinajstić information content (AvgIpc) is 3.39. The lowest BCUT2D eigenvalue weighted by atomic mass is 10.1. The highest BCUT2D eigenvalue weighted by atomic mass is 16.6. The van der Waals surface area contributed by atoms with E-state index in [0.717, 1.165) is 74.2 Å². The van der Waals surface area contributed by atoms with E-state index < -0.39 is 0 Å². The zero-order valence-electron chi connectivity index (χ0n) is 15.6. The van der Waals surface area contributed by atoms with Crippen molar-refractivity contribution in [2.24, 2.45) is 0 Å². The van der Waals surface area contributed by atoms with Crippen molar-refractivity contribution in [2.45, 2.75) is 12.8 Å². The van der Waals surface area contributed by atoms with Crippen LogP contribution in [0.3, 0.4) is 0 Å². The second-order valence-electron chi connectivity index (χ2n) is 7.36. The molecule has 8 heteroatoms. The summed E-state index contributed by atoms with van der Waals surface area (Å²) in [6.45, 7) is 6.58. The molecule has 1 saturated heterocycles. The van der Waals surface area contributed by atoms with Crippen molar-refractivity contribution >= 4 is 22.1 Å². The quantitative estimate of drug-likeness (QED) is 0.505. The van der Waals surface area contributed by atoms with Gasteiger partial charge in [0, 0.05) is 39.3 Å². The van der Waals surface area contributed by atoms with E-state index in [0.29, 0.717) is 0 Å². The van der Waals surface area contributed by atoms with E-state index in [4.69, 9.17) is 9.26 Å². The summed E-state index contributed by atoms with van der Waals surface area (Å²) in [6.07, 6.45) is 2.04. The van der Waals surface area contributed by atoms with Gasteiger partial charge < -0.3 is 9.80 Å². The van der Waals surface area contributed by atoms with Crippen molar-refractivity contribution in [2.75, 3.05) is 39.3 Å². The first-order valence-electron chi connectivity index (χ1n) is 9.71. The largest absolute Gasteiger partial charge is 0.300 e. The molecule has 4 aromatic rings. The smallest absolute Gasteiger partial charge is 0.135 e. The van der Waals surface area contributed by atoms with E-state index in [1.165, 1.54) is 11.1 Å². The third-order valence-electron chi connectivity index (χ3n) is 5.53. The molecule has 28 heavy (non-hydrogen) atoms. The van der Waals surface area contributed by atoms with Crippen LogP contribution in [0.25, 0.3) is 22.1 Å². The summed E-state index contributed by atoms with van der Waals surface area (Å²) < 4.78 is 9.54. The first-order valence-corrected chi connectivity index (χ1v) is 9.71. The van der Waals surface area contributed by atoms with Gasteiger partial charge in [0.05, 0.1) is 0 Å². The van der Waals surface area contributed by atoms with Crippen LogP contribution >= 0.6 is 0 Å². The van der Waals surface area contributed by atoms with Crippen molar-refractivity contribution in [3.63, 3.8) is 0 Å². The lowest BCUT2D eigenvalue weighted by Gasteiger charge is -2.34. The van der Waals surface area contributed by atoms with Crippen molar-refractivity contribution in [1.82, 2.24) is 30.4 Å². The summed E-state index contributed by atoms with van der Waals surface area (Å²) in [5.74, 6) is 0. The predicted molar refractivity (Wildman–Crippen MR) is 104 cm³/mol. The Bertz CT molecular complexity index is 981. The molecule has 0 bridgehead atoms. The van der Waals surface area contributed by atoms with Crippen molar-refractivity contribution in [3.8, 4) is 0 Å². The van der Waals surface area contributed by atoms with Gasteiger partial charge in [0.25, 0.3) is 0 Å². The number of rotatable bonds is 6. The molecule has 2 aromatic heterocycles. The molecule has 0 N–H and O–H groups in total. The third-order valence-corrected chi connectivity index (χ3v) is 5.53. The van der Waals surface area contributed by atoms with Crippen LogP contribution in [-0.2, 0) is 12.8 Å². The van der Waals surface area contributed by atoms with Crippen LogP contribution in [0.2, 0.25) is 0 Å². The second-order valence-corrected chi connectivity index (χ2v) is 7.36. The number of hydrogen-bond donors (Lipinski definition) is 0. The maximum absolute atomic E-state index is 4.77. The lowest BCUT2D eigenvalue weighted by Crippen LogP contribution is -2.47. The van der Waals surface area contributed by atoms with Gasteiger partial charge in [-0.2, -0.15) is 0 Å². The highest BCUT2D eigenvalue weighted by Gasteiger charge is 2.16. The fourth-order valence-electron chi connectivity index (χ4n) is 3.78. The minimum Gasteiger partial charge on any atom is -0.300 e. The molecule has 8 nitrogen and oxygen atoms in total. The number of piperazine rings is 1. The molecule has 1 fully saturated rings. The SMILES string of the molecule is c1cc2nonc2cc1CCN1CCN(CCc2ccc3nonc3c2)CC1. The highest BCUT2D eigenvalue weighted by molar-refractivity contribution is 5.74. The minimum atomic E-state index is 0.816.